The molecule has 0 saturated carbocycles. The van der Waals surface area contributed by atoms with Crippen molar-refractivity contribution in [3.05, 3.63) is 93.1 Å². The molecule has 4 rings (SSSR count). The second-order valence-electron chi connectivity index (χ2n) is 6.93. The Hall–Kier alpha value is -3.65. The van der Waals surface area contributed by atoms with E-state index in [1.807, 2.05) is 30.3 Å². The number of furan rings is 1. The number of hydrogen-bond donors (Lipinski definition) is 0. The van der Waals surface area contributed by atoms with Gasteiger partial charge in [-0.3, -0.25) is 24.6 Å². The number of benzene rings is 2. The van der Waals surface area contributed by atoms with Crippen molar-refractivity contribution in [1.82, 2.24) is 4.90 Å². The first kappa shape index (κ1) is 20.6. The van der Waals surface area contributed by atoms with Gasteiger partial charge in [0.05, 0.1) is 9.83 Å². The summed E-state index contributed by atoms with van der Waals surface area (Å²) >= 11 is 0.897. The lowest BCUT2D eigenvalue weighted by molar-refractivity contribution is -0.384. The fourth-order valence-corrected chi connectivity index (χ4v) is 4.09. The molecule has 0 atom stereocenters. The number of non-ortho nitro benzene ring substituents is 1. The minimum atomic E-state index is -0.465. The van der Waals surface area contributed by atoms with Gasteiger partial charge in [0.1, 0.15) is 11.5 Å². The van der Waals surface area contributed by atoms with Crippen LogP contribution in [0.2, 0.25) is 0 Å². The molecule has 0 N–H and O–H groups in total. The van der Waals surface area contributed by atoms with E-state index < -0.39 is 4.92 Å². The van der Waals surface area contributed by atoms with Gasteiger partial charge in [-0.1, -0.05) is 30.3 Å². The normalized spacial score (nSPS) is 15.1. The summed E-state index contributed by atoms with van der Waals surface area (Å²) in [6, 6.07) is 19.3. The van der Waals surface area contributed by atoms with E-state index in [-0.39, 0.29) is 16.8 Å². The van der Waals surface area contributed by atoms with Gasteiger partial charge in [-0.25, -0.2) is 0 Å². The van der Waals surface area contributed by atoms with Crippen LogP contribution in [-0.4, -0.2) is 27.5 Å². The zero-order valence-corrected chi connectivity index (χ0v) is 17.2. The highest BCUT2D eigenvalue weighted by atomic mass is 32.2. The van der Waals surface area contributed by atoms with E-state index in [1.165, 1.54) is 22.6 Å². The van der Waals surface area contributed by atoms with Gasteiger partial charge in [-0.15, -0.1) is 0 Å². The van der Waals surface area contributed by atoms with Crippen LogP contribution in [0.25, 0.3) is 17.4 Å². The highest BCUT2D eigenvalue weighted by molar-refractivity contribution is 8.18. The molecular formula is C23H18N2O5S. The Morgan fingerprint density at radius 1 is 1.00 bits per heavy atom. The van der Waals surface area contributed by atoms with Crippen molar-refractivity contribution >= 4 is 34.7 Å². The van der Waals surface area contributed by atoms with Crippen molar-refractivity contribution in [3.8, 4) is 11.3 Å². The van der Waals surface area contributed by atoms with Crippen LogP contribution >= 0.6 is 11.8 Å². The zero-order chi connectivity index (χ0) is 21.8. The molecule has 156 valence electrons. The fourth-order valence-electron chi connectivity index (χ4n) is 3.24. The van der Waals surface area contributed by atoms with E-state index in [9.17, 15) is 19.7 Å². The number of nitro groups is 1. The van der Waals surface area contributed by atoms with E-state index in [1.54, 1.807) is 30.3 Å². The first-order valence-corrected chi connectivity index (χ1v) is 10.5. The number of carbonyl (C=O) groups is 2. The third-order valence-corrected chi connectivity index (χ3v) is 5.73. The van der Waals surface area contributed by atoms with E-state index in [4.69, 9.17) is 4.42 Å². The third kappa shape index (κ3) is 4.75. The van der Waals surface area contributed by atoms with E-state index in [0.29, 0.717) is 35.0 Å². The Labute approximate surface area is 182 Å². The minimum Gasteiger partial charge on any atom is -0.457 e. The number of imide groups is 1. The summed E-state index contributed by atoms with van der Waals surface area (Å²) in [4.78, 5) is 36.8. The van der Waals surface area contributed by atoms with Gasteiger partial charge in [0.25, 0.3) is 16.8 Å². The van der Waals surface area contributed by atoms with Gasteiger partial charge in [0.15, 0.2) is 0 Å². The first-order chi connectivity index (χ1) is 15.0. The molecule has 2 heterocycles. The van der Waals surface area contributed by atoms with Crippen molar-refractivity contribution < 1.29 is 18.9 Å². The monoisotopic (exact) mass is 434 g/mol. The molecule has 0 spiro atoms. The maximum absolute atomic E-state index is 12.7. The molecule has 2 aromatic carbocycles. The SMILES string of the molecule is O=C1S/C(=C\c2ccc(-c3ccc([N+](=O)[O-])cc3)o2)C(=O)N1CCCc1ccccc1. The van der Waals surface area contributed by atoms with E-state index in [0.717, 1.165) is 18.2 Å². The molecule has 1 fully saturated rings. The van der Waals surface area contributed by atoms with Crippen LogP contribution in [0, 0.1) is 10.1 Å². The Morgan fingerprint density at radius 3 is 2.45 bits per heavy atom. The van der Waals surface area contributed by atoms with Gasteiger partial charge in [0.2, 0.25) is 0 Å². The number of hydrogen-bond acceptors (Lipinski definition) is 6. The molecule has 0 unspecified atom stereocenters. The molecule has 2 amide bonds. The summed E-state index contributed by atoms with van der Waals surface area (Å²) in [5.74, 6) is 0.628. The maximum atomic E-state index is 12.7. The predicted molar refractivity (Wildman–Crippen MR) is 118 cm³/mol. The lowest BCUT2D eigenvalue weighted by Crippen LogP contribution is -2.29. The molecule has 31 heavy (non-hydrogen) atoms. The van der Waals surface area contributed by atoms with Crippen molar-refractivity contribution in [2.24, 2.45) is 0 Å². The lowest BCUT2D eigenvalue weighted by atomic mass is 10.1. The Balaban J connectivity index is 1.41. The highest BCUT2D eigenvalue weighted by Crippen LogP contribution is 2.33. The summed E-state index contributed by atoms with van der Waals surface area (Å²) in [7, 11) is 0. The summed E-state index contributed by atoms with van der Waals surface area (Å²) in [5.41, 5.74) is 1.84. The van der Waals surface area contributed by atoms with Crippen molar-refractivity contribution in [3.63, 3.8) is 0 Å². The van der Waals surface area contributed by atoms with Gasteiger partial charge in [0, 0.05) is 30.3 Å². The fraction of sp³-hybridized carbons (Fsp3) is 0.130. The number of carbonyl (C=O) groups excluding carboxylic acids is 2. The largest absolute Gasteiger partial charge is 0.457 e. The summed E-state index contributed by atoms with van der Waals surface area (Å²) < 4.78 is 5.75. The van der Waals surface area contributed by atoms with Crippen molar-refractivity contribution in [2.45, 2.75) is 12.8 Å². The second kappa shape index (κ2) is 9.01. The molecule has 1 saturated heterocycles. The second-order valence-corrected chi connectivity index (χ2v) is 7.92. The van der Waals surface area contributed by atoms with Gasteiger partial charge < -0.3 is 4.42 Å². The van der Waals surface area contributed by atoms with Crippen LogP contribution in [0.5, 0.6) is 0 Å². The third-order valence-electron chi connectivity index (χ3n) is 4.83. The molecule has 3 aromatic rings. The van der Waals surface area contributed by atoms with Gasteiger partial charge in [-0.2, -0.15) is 0 Å². The molecule has 1 aliphatic heterocycles. The topological polar surface area (TPSA) is 93.7 Å². The molecule has 1 aliphatic rings. The Morgan fingerprint density at radius 2 is 1.74 bits per heavy atom. The van der Waals surface area contributed by atoms with Crippen LogP contribution in [0.3, 0.4) is 0 Å². The first-order valence-electron chi connectivity index (χ1n) is 9.65. The molecule has 1 aromatic heterocycles. The highest BCUT2D eigenvalue weighted by Gasteiger charge is 2.34. The molecule has 0 bridgehead atoms. The lowest BCUT2D eigenvalue weighted by Gasteiger charge is -2.11. The van der Waals surface area contributed by atoms with Crippen LogP contribution in [0.1, 0.15) is 17.7 Å². The number of nitrogens with zero attached hydrogens (tertiary/aromatic N) is 2. The molecule has 8 heteroatoms. The molecule has 0 aliphatic carbocycles. The van der Waals surface area contributed by atoms with Gasteiger partial charge in [-0.05, 0) is 54.4 Å². The van der Waals surface area contributed by atoms with Crippen molar-refractivity contribution in [2.75, 3.05) is 6.54 Å². The number of nitro benzene ring substituents is 1. The van der Waals surface area contributed by atoms with Crippen LogP contribution in [-0.2, 0) is 11.2 Å². The maximum Gasteiger partial charge on any atom is 0.293 e. The molecular weight excluding hydrogens is 416 g/mol. The minimum absolute atomic E-state index is 0.00327. The number of thioether (sulfide) groups is 1. The van der Waals surface area contributed by atoms with E-state index >= 15 is 0 Å². The average Bonchev–Trinajstić information content (AvgIpc) is 3.34. The van der Waals surface area contributed by atoms with Gasteiger partial charge >= 0.3 is 0 Å². The predicted octanol–water partition coefficient (Wildman–Crippen LogP) is 5.52. The summed E-state index contributed by atoms with van der Waals surface area (Å²) in [5, 5.41) is 10.5. The van der Waals surface area contributed by atoms with E-state index in [2.05, 4.69) is 0 Å². The van der Waals surface area contributed by atoms with Crippen LogP contribution < -0.4 is 0 Å². The summed E-state index contributed by atoms with van der Waals surface area (Å²) in [6.45, 7) is 0.364. The quantitative estimate of drug-likeness (QED) is 0.276. The zero-order valence-electron chi connectivity index (χ0n) is 16.4. The number of rotatable bonds is 7. The Bertz CT molecular complexity index is 1150. The Kier molecular flexibility index (Phi) is 5.99. The number of aryl methyl sites for hydroxylation is 1. The molecule has 0 radical (unpaired) electrons. The molecule has 7 nitrogen and oxygen atoms in total. The smallest absolute Gasteiger partial charge is 0.293 e. The van der Waals surface area contributed by atoms with Crippen LogP contribution in [0.15, 0.2) is 76.1 Å². The van der Waals surface area contributed by atoms with Crippen LogP contribution in [0.4, 0.5) is 10.5 Å². The average molecular weight is 434 g/mol. The van der Waals surface area contributed by atoms with Crippen molar-refractivity contribution in [1.29, 1.82) is 0 Å². The summed E-state index contributed by atoms with van der Waals surface area (Å²) in [6.07, 6.45) is 3.04. The number of amides is 2. The standard InChI is InChI=1S/C23H18N2O5S/c26-22-21(31-23(27)24(22)14-4-7-16-5-2-1-3-6-16)15-19-12-13-20(30-19)17-8-10-18(11-9-17)25(28)29/h1-3,5-6,8-13,15H,4,7,14H2/b21-15-.